The molecule has 0 aliphatic carbocycles. The minimum Gasteiger partial charge on any atom is -0.508 e. The van der Waals surface area contributed by atoms with Gasteiger partial charge in [0, 0.05) is 0 Å². The average molecular weight is 360 g/mol. The number of aryl methyl sites for hydroxylation is 1. The van der Waals surface area contributed by atoms with Gasteiger partial charge >= 0.3 is 0 Å². The molecule has 0 saturated carbocycles. The molecule has 0 aromatic heterocycles. The van der Waals surface area contributed by atoms with E-state index in [1.807, 2.05) is 37.3 Å². The fourth-order valence-electron chi connectivity index (χ4n) is 3.27. The van der Waals surface area contributed by atoms with Crippen LogP contribution in [0.1, 0.15) is 28.4 Å². The molecule has 0 bridgehead atoms. The highest BCUT2D eigenvalue weighted by molar-refractivity contribution is 5.38. The second kappa shape index (κ2) is 7.73. The standard InChI is InChI=1S/C20H24O6/c1-11-2-5-13(9-14(11)8-12-3-6-15(22)7-4-12)20-19(25)18(24)17(23)16(10-21)26-20/h2-7,9,16-25H,8,10H2,1H3/t16-,17-,18?,19-,20-/m1/s1. The summed E-state index contributed by atoms with van der Waals surface area (Å²) in [6.45, 7) is 1.53. The summed E-state index contributed by atoms with van der Waals surface area (Å²) >= 11 is 0. The number of phenols is 1. The predicted molar refractivity (Wildman–Crippen MR) is 94.8 cm³/mol. The number of benzene rings is 2. The SMILES string of the molecule is Cc1ccc([C@H]2O[C@H](CO)[C@@H](O)C(O)[C@H]2O)cc1Cc1ccc(O)cc1. The zero-order valence-corrected chi connectivity index (χ0v) is 14.5. The number of rotatable bonds is 4. The first-order valence-corrected chi connectivity index (χ1v) is 8.58. The number of aromatic hydroxyl groups is 1. The van der Waals surface area contributed by atoms with Gasteiger partial charge in [-0.1, -0.05) is 30.3 Å². The minimum absolute atomic E-state index is 0.209. The summed E-state index contributed by atoms with van der Waals surface area (Å²) in [5.74, 6) is 0.209. The average Bonchev–Trinajstić information content (AvgIpc) is 2.64. The maximum Gasteiger partial charge on any atom is 0.115 e. The van der Waals surface area contributed by atoms with E-state index >= 15 is 0 Å². The van der Waals surface area contributed by atoms with Gasteiger partial charge in [0.25, 0.3) is 0 Å². The number of hydrogen-bond acceptors (Lipinski definition) is 6. The normalized spacial score (nSPS) is 28.9. The molecule has 1 aliphatic heterocycles. The molecule has 1 heterocycles. The molecule has 1 saturated heterocycles. The van der Waals surface area contributed by atoms with Crippen molar-refractivity contribution in [1.82, 2.24) is 0 Å². The molecule has 0 spiro atoms. The Morgan fingerprint density at radius 2 is 1.62 bits per heavy atom. The van der Waals surface area contributed by atoms with E-state index in [1.54, 1.807) is 12.1 Å². The highest BCUT2D eigenvalue weighted by atomic mass is 16.5. The van der Waals surface area contributed by atoms with Gasteiger partial charge in [0.2, 0.25) is 0 Å². The Morgan fingerprint density at radius 3 is 2.27 bits per heavy atom. The molecule has 0 amide bonds. The second-order valence-corrected chi connectivity index (χ2v) is 6.78. The Hall–Kier alpha value is -1.96. The van der Waals surface area contributed by atoms with Gasteiger partial charge in [0.15, 0.2) is 0 Å². The molecule has 140 valence electrons. The van der Waals surface area contributed by atoms with Crippen molar-refractivity contribution in [1.29, 1.82) is 0 Å². The molecule has 26 heavy (non-hydrogen) atoms. The van der Waals surface area contributed by atoms with Crippen molar-refractivity contribution in [2.75, 3.05) is 6.61 Å². The molecule has 5 atom stereocenters. The van der Waals surface area contributed by atoms with Gasteiger partial charge in [-0.05, 0) is 47.7 Å². The number of hydrogen-bond donors (Lipinski definition) is 5. The molecule has 0 radical (unpaired) electrons. The summed E-state index contributed by atoms with van der Waals surface area (Å²) in [4.78, 5) is 0. The van der Waals surface area contributed by atoms with E-state index in [2.05, 4.69) is 0 Å². The zero-order valence-electron chi connectivity index (χ0n) is 14.5. The molecular formula is C20H24O6. The molecule has 3 rings (SSSR count). The Morgan fingerprint density at radius 1 is 0.923 bits per heavy atom. The largest absolute Gasteiger partial charge is 0.508 e. The van der Waals surface area contributed by atoms with Crippen LogP contribution in [-0.4, -0.2) is 56.6 Å². The third-order valence-electron chi connectivity index (χ3n) is 4.92. The number of aliphatic hydroxyl groups excluding tert-OH is 4. The van der Waals surface area contributed by atoms with Gasteiger partial charge in [-0.25, -0.2) is 0 Å². The van der Waals surface area contributed by atoms with E-state index in [0.29, 0.717) is 12.0 Å². The van der Waals surface area contributed by atoms with E-state index in [4.69, 9.17) is 4.74 Å². The monoisotopic (exact) mass is 360 g/mol. The summed E-state index contributed by atoms with van der Waals surface area (Å²) in [5.41, 5.74) is 3.77. The lowest BCUT2D eigenvalue weighted by atomic mass is 9.89. The van der Waals surface area contributed by atoms with Crippen LogP contribution in [-0.2, 0) is 11.2 Å². The van der Waals surface area contributed by atoms with Crippen LogP contribution >= 0.6 is 0 Å². The van der Waals surface area contributed by atoms with E-state index in [0.717, 1.165) is 16.7 Å². The number of phenolic OH excluding ortho intramolecular Hbond substituents is 1. The fraction of sp³-hybridized carbons (Fsp3) is 0.400. The lowest BCUT2D eigenvalue weighted by Gasteiger charge is -2.40. The van der Waals surface area contributed by atoms with Crippen LogP contribution in [0.4, 0.5) is 0 Å². The van der Waals surface area contributed by atoms with Crippen molar-refractivity contribution < 1.29 is 30.3 Å². The Labute approximate surface area is 151 Å². The molecule has 2 aromatic rings. The minimum atomic E-state index is -1.40. The van der Waals surface area contributed by atoms with Crippen molar-refractivity contribution in [2.24, 2.45) is 0 Å². The van der Waals surface area contributed by atoms with E-state index in [-0.39, 0.29) is 5.75 Å². The fourth-order valence-corrected chi connectivity index (χ4v) is 3.27. The molecule has 6 nitrogen and oxygen atoms in total. The first kappa shape index (κ1) is 18.8. The van der Waals surface area contributed by atoms with Crippen LogP contribution in [0, 0.1) is 6.92 Å². The maximum absolute atomic E-state index is 10.3. The van der Waals surface area contributed by atoms with Gasteiger partial charge < -0.3 is 30.3 Å². The van der Waals surface area contributed by atoms with Gasteiger partial charge in [0.1, 0.15) is 36.3 Å². The molecule has 1 fully saturated rings. The van der Waals surface area contributed by atoms with E-state index < -0.39 is 37.1 Å². The Balaban J connectivity index is 1.87. The van der Waals surface area contributed by atoms with Crippen molar-refractivity contribution in [3.05, 3.63) is 64.7 Å². The first-order valence-electron chi connectivity index (χ1n) is 8.58. The lowest BCUT2D eigenvalue weighted by molar-refractivity contribution is -0.231. The second-order valence-electron chi connectivity index (χ2n) is 6.78. The van der Waals surface area contributed by atoms with Crippen molar-refractivity contribution in [3.63, 3.8) is 0 Å². The quantitative estimate of drug-likeness (QED) is 0.552. The Bertz CT molecular complexity index is 742. The van der Waals surface area contributed by atoms with Crippen LogP contribution in [0.2, 0.25) is 0 Å². The van der Waals surface area contributed by atoms with Crippen molar-refractivity contribution in [3.8, 4) is 5.75 Å². The van der Waals surface area contributed by atoms with Crippen LogP contribution in [0.5, 0.6) is 5.75 Å². The summed E-state index contributed by atoms with van der Waals surface area (Å²) in [7, 11) is 0. The smallest absolute Gasteiger partial charge is 0.115 e. The van der Waals surface area contributed by atoms with Gasteiger partial charge in [-0.15, -0.1) is 0 Å². The van der Waals surface area contributed by atoms with Crippen molar-refractivity contribution >= 4 is 0 Å². The van der Waals surface area contributed by atoms with Crippen LogP contribution < -0.4 is 0 Å². The summed E-state index contributed by atoms with van der Waals surface area (Å²) < 4.78 is 5.63. The third-order valence-corrected chi connectivity index (χ3v) is 4.92. The summed E-state index contributed by atoms with van der Waals surface area (Å²) in [6, 6.07) is 12.6. The molecule has 6 heteroatoms. The summed E-state index contributed by atoms with van der Waals surface area (Å²) in [5, 5.41) is 49.0. The molecule has 1 aliphatic rings. The van der Waals surface area contributed by atoms with Crippen LogP contribution in [0.15, 0.2) is 42.5 Å². The zero-order chi connectivity index (χ0) is 18.8. The molecule has 5 N–H and O–H groups in total. The van der Waals surface area contributed by atoms with Crippen LogP contribution in [0.25, 0.3) is 0 Å². The van der Waals surface area contributed by atoms with Gasteiger partial charge in [-0.3, -0.25) is 0 Å². The molecule has 2 aromatic carbocycles. The van der Waals surface area contributed by atoms with Gasteiger partial charge in [-0.2, -0.15) is 0 Å². The molecule has 1 unspecified atom stereocenters. The van der Waals surface area contributed by atoms with Crippen molar-refractivity contribution in [2.45, 2.75) is 43.9 Å². The maximum atomic E-state index is 10.3. The number of aliphatic hydroxyl groups is 4. The van der Waals surface area contributed by atoms with Crippen LogP contribution in [0.3, 0.4) is 0 Å². The first-order chi connectivity index (χ1) is 12.4. The topological polar surface area (TPSA) is 110 Å². The van der Waals surface area contributed by atoms with E-state index in [9.17, 15) is 25.5 Å². The highest BCUT2D eigenvalue weighted by Gasteiger charge is 2.43. The third kappa shape index (κ3) is 3.75. The predicted octanol–water partition coefficient (Wildman–Crippen LogP) is 0.806. The molecular weight excluding hydrogens is 336 g/mol. The lowest BCUT2D eigenvalue weighted by Crippen LogP contribution is -2.55. The summed E-state index contributed by atoms with van der Waals surface area (Å²) in [6.07, 6.45) is -5.19. The van der Waals surface area contributed by atoms with E-state index in [1.165, 1.54) is 0 Å². The number of ether oxygens (including phenoxy) is 1. The van der Waals surface area contributed by atoms with Gasteiger partial charge in [0.05, 0.1) is 6.61 Å². The Kier molecular flexibility index (Phi) is 5.60. The highest BCUT2D eigenvalue weighted by Crippen LogP contribution is 2.33.